The summed E-state index contributed by atoms with van der Waals surface area (Å²) in [5.41, 5.74) is 0. The Morgan fingerprint density at radius 2 is 2.25 bits per heavy atom. The molecule has 0 aromatic rings. The van der Waals surface area contributed by atoms with E-state index in [0.717, 1.165) is 19.3 Å². The summed E-state index contributed by atoms with van der Waals surface area (Å²) >= 11 is 0. The molecule has 0 aromatic carbocycles. The van der Waals surface area contributed by atoms with Crippen LogP contribution in [0.1, 0.15) is 33.1 Å². The van der Waals surface area contributed by atoms with Crippen molar-refractivity contribution >= 4 is 0 Å². The first-order chi connectivity index (χ1) is 5.83. The van der Waals surface area contributed by atoms with Gasteiger partial charge < -0.3 is 10.1 Å². The molecule has 0 radical (unpaired) electrons. The van der Waals surface area contributed by atoms with Crippen molar-refractivity contribution in [2.75, 3.05) is 19.8 Å². The highest BCUT2D eigenvalue weighted by molar-refractivity contribution is 4.80. The van der Waals surface area contributed by atoms with E-state index in [-0.39, 0.29) is 0 Å². The largest absolute Gasteiger partial charge is 0.381 e. The van der Waals surface area contributed by atoms with Gasteiger partial charge in [-0.3, -0.25) is 0 Å². The van der Waals surface area contributed by atoms with Crippen LogP contribution in [0.5, 0.6) is 0 Å². The summed E-state index contributed by atoms with van der Waals surface area (Å²) < 4.78 is 5.34. The molecule has 1 atom stereocenters. The molecule has 1 rings (SSSR count). The van der Waals surface area contributed by atoms with E-state index in [1.165, 1.54) is 25.8 Å². The second-order valence-electron chi connectivity index (χ2n) is 3.78. The highest BCUT2D eigenvalue weighted by Gasteiger charge is 2.19. The van der Waals surface area contributed by atoms with E-state index in [2.05, 4.69) is 19.2 Å². The lowest BCUT2D eigenvalue weighted by Crippen LogP contribution is -2.20. The first-order valence-corrected chi connectivity index (χ1v) is 5.14. The van der Waals surface area contributed by atoms with E-state index in [1.807, 2.05) is 0 Å². The van der Waals surface area contributed by atoms with Crippen molar-refractivity contribution in [3.8, 4) is 0 Å². The molecular formula is C10H21NO. The van der Waals surface area contributed by atoms with E-state index in [1.54, 1.807) is 0 Å². The van der Waals surface area contributed by atoms with Crippen LogP contribution in [0.2, 0.25) is 0 Å². The van der Waals surface area contributed by atoms with Crippen molar-refractivity contribution in [3.63, 3.8) is 0 Å². The van der Waals surface area contributed by atoms with Gasteiger partial charge in [0.1, 0.15) is 0 Å². The Balaban J connectivity index is 1.83. The summed E-state index contributed by atoms with van der Waals surface area (Å²) in [7, 11) is 0. The summed E-state index contributed by atoms with van der Waals surface area (Å²) in [6.45, 7) is 7.24. The fraction of sp³-hybridized carbons (Fsp3) is 1.00. The van der Waals surface area contributed by atoms with Crippen molar-refractivity contribution < 1.29 is 4.74 Å². The second-order valence-corrected chi connectivity index (χ2v) is 3.78. The molecule has 1 saturated carbocycles. The van der Waals surface area contributed by atoms with Crippen molar-refractivity contribution in [2.24, 2.45) is 5.92 Å². The molecule has 0 aliphatic heterocycles. The van der Waals surface area contributed by atoms with Crippen molar-refractivity contribution in [2.45, 2.75) is 39.2 Å². The van der Waals surface area contributed by atoms with E-state index < -0.39 is 0 Å². The Bertz CT molecular complexity index is 112. The zero-order valence-corrected chi connectivity index (χ0v) is 8.31. The summed E-state index contributed by atoms with van der Waals surface area (Å²) in [5.74, 6) is 0.705. The lowest BCUT2D eigenvalue weighted by molar-refractivity contribution is 0.113. The van der Waals surface area contributed by atoms with Gasteiger partial charge in [0, 0.05) is 19.3 Å². The van der Waals surface area contributed by atoms with Gasteiger partial charge in [-0.05, 0) is 38.6 Å². The molecule has 0 aromatic heterocycles. The molecular weight excluding hydrogens is 150 g/mol. The average molecular weight is 171 g/mol. The Hall–Kier alpha value is -0.0800. The van der Waals surface area contributed by atoms with Crippen LogP contribution in [0.15, 0.2) is 0 Å². The first kappa shape index (κ1) is 10.0. The zero-order chi connectivity index (χ0) is 8.81. The fourth-order valence-corrected chi connectivity index (χ4v) is 1.22. The van der Waals surface area contributed by atoms with E-state index >= 15 is 0 Å². The Kier molecular flexibility index (Phi) is 4.62. The van der Waals surface area contributed by atoms with Gasteiger partial charge in [-0.15, -0.1) is 0 Å². The van der Waals surface area contributed by atoms with Crippen molar-refractivity contribution in [3.05, 3.63) is 0 Å². The molecule has 0 heterocycles. The van der Waals surface area contributed by atoms with Crippen LogP contribution in [0.4, 0.5) is 0 Å². The molecule has 2 heteroatoms. The van der Waals surface area contributed by atoms with Crippen LogP contribution in [-0.4, -0.2) is 25.8 Å². The maximum absolute atomic E-state index is 5.34. The van der Waals surface area contributed by atoms with Gasteiger partial charge in [-0.25, -0.2) is 0 Å². The van der Waals surface area contributed by atoms with E-state index in [4.69, 9.17) is 4.74 Å². The smallest absolute Gasteiger partial charge is 0.0491 e. The third-order valence-corrected chi connectivity index (χ3v) is 2.25. The number of hydrogen-bond donors (Lipinski definition) is 1. The molecule has 1 aliphatic carbocycles. The highest BCUT2D eigenvalue weighted by Crippen LogP contribution is 2.18. The van der Waals surface area contributed by atoms with E-state index in [0.29, 0.717) is 5.92 Å². The van der Waals surface area contributed by atoms with Gasteiger partial charge >= 0.3 is 0 Å². The molecule has 12 heavy (non-hydrogen) atoms. The Morgan fingerprint density at radius 1 is 1.50 bits per heavy atom. The molecule has 0 spiro atoms. The van der Waals surface area contributed by atoms with Gasteiger partial charge in [-0.1, -0.05) is 6.92 Å². The second kappa shape index (κ2) is 5.55. The predicted molar refractivity (Wildman–Crippen MR) is 51.3 cm³/mol. The average Bonchev–Trinajstić information content (AvgIpc) is 2.84. The number of ether oxygens (including phenoxy) is 1. The van der Waals surface area contributed by atoms with Gasteiger partial charge in [0.2, 0.25) is 0 Å². The summed E-state index contributed by atoms with van der Waals surface area (Å²) in [6.07, 6.45) is 4.02. The molecule has 2 nitrogen and oxygen atoms in total. The number of hydrogen-bond acceptors (Lipinski definition) is 2. The predicted octanol–water partition coefficient (Wildman–Crippen LogP) is 1.80. The Morgan fingerprint density at radius 3 is 2.83 bits per heavy atom. The monoisotopic (exact) mass is 171 g/mol. The molecule has 1 unspecified atom stereocenters. The molecule has 1 N–H and O–H groups in total. The summed E-state index contributed by atoms with van der Waals surface area (Å²) in [6, 6.07) is 0.851. The van der Waals surface area contributed by atoms with Crippen LogP contribution in [0.3, 0.4) is 0 Å². The minimum Gasteiger partial charge on any atom is -0.381 e. The lowest BCUT2D eigenvalue weighted by Gasteiger charge is -2.11. The number of rotatable bonds is 7. The van der Waals surface area contributed by atoms with Crippen LogP contribution < -0.4 is 5.32 Å². The zero-order valence-electron chi connectivity index (χ0n) is 8.31. The summed E-state index contributed by atoms with van der Waals surface area (Å²) in [5, 5.41) is 3.51. The number of nitrogens with one attached hydrogen (secondary N) is 1. The maximum atomic E-state index is 5.34. The molecule has 1 aliphatic rings. The molecule has 72 valence electrons. The molecule has 1 fully saturated rings. The van der Waals surface area contributed by atoms with Crippen molar-refractivity contribution in [1.29, 1.82) is 0 Å². The van der Waals surface area contributed by atoms with Gasteiger partial charge in [0.05, 0.1) is 0 Å². The Labute approximate surface area is 75.7 Å². The summed E-state index contributed by atoms with van der Waals surface area (Å²) in [4.78, 5) is 0. The van der Waals surface area contributed by atoms with Gasteiger partial charge in [-0.2, -0.15) is 0 Å². The van der Waals surface area contributed by atoms with Crippen LogP contribution in [0, 0.1) is 5.92 Å². The molecule has 0 amide bonds. The van der Waals surface area contributed by atoms with Crippen LogP contribution in [0.25, 0.3) is 0 Å². The van der Waals surface area contributed by atoms with E-state index in [9.17, 15) is 0 Å². The maximum Gasteiger partial charge on any atom is 0.0491 e. The molecule has 0 bridgehead atoms. The lowest BCUT2D eigenvalue weighted by atomic mass is 10.1. The topological polar surface area (TPSA) is 21.3 Å². The van der Waals surface area contributed by atoms with Gasteiger partial charge in [0.25, 0.3) is 0 Å². The highest BCUT2D eigenvalue weighted by atomic mass is 16.5. The van der Waals surface area contributed by atoms with Crippen LogP contribution >= 0.6 is 0 Å². The first-order valence-electron chi connectivity index (χ1n) is 5.14. The third-order valence-electron chi connectivity index (χ3n) is 2.25. The van der Waals surface area contributed by atoms with Crippen molar-refractivity contribution in [1.82, 2.24) is 5.32 Å². The quantitative estimate of drug-likeness (QED) is 0.630. The fourth-order valence-electron chi connectivity index (χ4n) is 1.22. The minimum atomic E-state index is 0.705. The standard InChI is InChI=1S/C10H21NO/c1-3-12-8-9(2)6-7-11-10-4-5-10/h9-11H,3-8H2,1-2H3. The SMILES string of the molecule is CCOCC(C)CCNC1CC1. The normalized spacial score (nSPS) is 19.5. The van der Waals surface area contributed by atoms with Crippen LogP contribution in [-0.2, 0) is 4.74 Å². The van der Waals surface area contributed by atoms with Gasteiger partial charge in [0.15, 0.2) is 0 Å². The molecule has 0 saturated heterocycles. The third kappa shape index (κ3) is 4.73. The minimum absolute atomic E-state index is 0.705.